The zero-order valence-electron chi connectivity index (χ0n) is 15.3. The number of amides is 1. The molecule has 2 aromatic carbocycles. The maximum atomic E-state index is 12.4. The van der Waals surface area contributed by atoms with Crippen LogP contribution in [0.1, 0.15) is 54.5 Å². The van der Waals surface area contributed by atoms with Gasteiger partial charge >= 0.3 is 0 Å². The zero-order chi connectivity index (χ0) is 19.1. The number of hydrogen-bond donors (Lipinski definition) is 2. The molecule has 3 rings (SSSR count). The maximum Gasteiger partial charge on any atom is 0.255 e. The summed E-state index contributed by atoms with van der Waals surface area (Å²) < 4.78 is 5.39. The summed E-state index contributed by atoms with van der Waals surface area (Å²) in [5.41, 5.74) is 4.14. The maximum absolute atomic E-state index is 12.4. The van der Waals surface area contributed by atoms with E-state index in [2.05, 4.69) is 36.2 Å². The number of benzene rings is 2. The Hall–Kier alpha value is -2.92. The van der Waals surface area contributed by atoms with Crippen LogP contribution in [0.4, 0.5) is 0 Å². The third kappa shape index (κ3) is 4.44. The standard InChI is InChI=1S/C22H24N2O3/c1-2-18(16-9-5-3-6-10-16)19(17-11-7-4-8-12-17)15-20(21(25)24-26)22-23-13-14-27-22/h3-14,18-20,26H,2,15H2,1H3,(H,24,25). The Morgan fingerprint density at radius 1 is 1.04 bits per heavy atom. The van der Waals surface area contributed by atoms with E-state index in [9.17, 15) is 10.0 Å². The molecule has 0 aliphatic carbocycles. The first-order valence-corrected chi connectivity index (χ1v) is 9.17. The van der Waals surface area contributed by atoms with Crippen LogP contribution in [0, 0.1) is 0 Å². The molecule has 0 radical (unpaired) electrons. The van der Waals surface area contributed by atoms with Gasteiger partial charge in [-0.1, -0.05) is 67.6 Å². The number of hydroxylamine groups is 1. The Morgan fingerprint density at radius 3 is 2.11 bits per heavy atom. The fraction of sp³-hybridized carbons (Fsp3) is 0.273. The van der Waals surface area contributed by atoms with Crippen LogP contribution < -0.4 is 5.48 Å². The van der Waals surface area contributed by atoms with Gasteiger partial charge in [-0.2, -0.15) is 0 Å². The van der Waals surface area contributed by atoms with Crippen LogP contribution in [0.25, 0.3) is 0 Å². The van der Waals surface area contributed by atoms with Crippen molar-refractivity contribution in [3.05, 3.63) is 90.1 Å². The minimum atomic E-state index is -0.673. The quantitative estimate of drug-likeness (QED) is 0.451. The summed E-state index contributed by atoms with van der Waals surface area (Å²) in [5.74, 6) is -0.593. The normalized spacial score (nSPS) is 14.3. The van der Waals surface area contributed by atoms with Gasteiger partial charge in [-0.05, 0) is 35.8 Å². The van der Waals surface area contributed by atoms with E-state index >= 15 is 0 Å². The number of carbonyl (C=O) groups is 1. The van der Waals surface area contributed by atoms with Crippen LogP contribution in [0.5, 0.6) is 0 Å². The van der Waals surface area contributed by atoms with Gasteiger partial charge in [0.15, 0.2) is 0 Å². The van der Waals surface area contributed by atoms with Crippen LogP contribution in [0.2, 0.25) is 0 Å². The summed E-state index contributed by atoms with van der Waals surface area (Å²) in [6.45, 7) is 2.15. The van der Waals surface area contributed by atoms with E-state index in [1.165, 1.54) is 18.0 Å². The van der Waals surface area contributed by atoms with Crippen molar-refractivity contribution >= 4 is 5.91 Å². The molecule has 3 unspecified atom stereocenters. The van der Waals surface area contributed by atoms with Gasteiger partial charge in [0.1, 0.15) is 12.2 Å². The Bertz CT molecular complexity index is 819. The van der Waals surface area contributed by atoms with Crippen LogP contribution in [0.3, 0.4) is 0 Å². The van der Waals surface area contributed by atoms with Gasteiger partial charge in [0, 0.05) is 0 Å². The molecule has 0 bridgehead atoms. The molecule has 5 heteroatoms. The molecule has 2 N–H and O–H groups in total. The van der Waals surface area contributed by atoms with Gasteiger partial charge in [-0.15, -0.1) is 0 Å². The van der Waals surface area contributed by atoms with Crippen molar-refractivity contribution in [3.63, 3.8) is 0 Å². The molecule has 0 saturated heterocycles. The Balaban J connectivity index is 2.00. The predicted octanol–water partition coefficient (Wildman–Crippen LogP) is 4.63. The van der Waals surface area contributed by atoms with Crippen LogP contribution in [-0.2, 0) is 4.79 Å². The molecular weight excluding hydrogens is 340 g/mol. The highest BCUT2D eigenvalue weighted by molar-refractivity contribution is 5.81. The van der Waals surface area contributed by atoms with E-state index in [0.29, 0.717) is 12.3 Å². The van der Waals surface area contributed by atoms with E-state index in [0.717, 1.165) is 12.0 Å². The molecule has 5 nitrogen and oxygen atoms in total. The number of aromatic nitrogens is 1. The van der Waals surface area contributed by atoms with Crippen LogP contribution >= 0.6 is 0 Å². The van der Waals surface area contributed by atoms with E-state index in [-0.39, 0.29) is 11.8 Å². The van der Waals surface area contributed by atoms with Crippen LogP contribution in [0.15, 0.2) is 77.5 Å². The lowest BCUT2D eigenvalue weighted by Gasteiger charge is -2.29. The Labute approximate surface area is 159 Å². The largest absolute Gasteiger partial charge is 0.448 e. The molecule has 1 amide bonds. The van der Waals surface area contributed by atoms with Gasteiger partial charge in [0.05, 0.1) is 6.20 Å². The summed E-state index contributed by atoms with van der Waals surface area (Å²) in [7, 11) is 0. The Kier molecular flexibility index (Phi) is 6.39. The fourth-order valence-electron chi connectivity index (χ4n) is 3.74. The highest BCUT2D eigenvalue weighted by Gasteiger charge is 2.32. The molecule has 0 aliphatic heterocycles. The van der Waals surface area contributed by atoms with Crippen molar-refractivity contribution in [1.82, 2.24) is 10.5 Å². The lowest BCUT2D eigenvalue weighted by molar-refractivity contribution is -0.131. The molecule has 0 spiro atoms. The minimum Gasteiger partial charge on any atom is -0.448 e. The summed E-state index contributed by atoms with van der Waals surface area (Å²) in [6, 6.07) is 20.5. The van der Waals surface area contributed by atoms with Crippen molar-refractivity contribution in [2.75, 3.05) is 0 Å². The molecule has 140 valence electrons. The average molecular weight is 364 g/mol. The third-order valence-corrected chi connectivity index (χ3v) is 5.05. The van der Waals surface area contributed by atoms with Crippen molar-refractivity contribution < 1.29 is 14.4 Å². The molecule has 0 saturated carbocycles. The minimum absolute atomic E-state index is 0.0628. The summed E-state index contributed by atoms with van der Waals surface area (Å²) in [4.78, 5) is 16.5. The smallest absolute Gasteiger partial charge is 0.255 e. The second kappa shape index (κ2) is 9.14. The Morgan fingerprint density at radius 2 is 1.63 bits per heavy atom. The topological polar surface area (TPSA) is 75.4 Å². The summed E-state index contributed by atoms with van der Waals surface area (Å²) in [5, 5.41) is 9.23. The molecule has 3 aromatic rings. The van der Waals surface area contributed by atoms with Crippen molar-refractivity contribution in [1.29, 1.82) is 0 Å². The predicted molar refractivity (Wildman–Crippen MR) is 102 cm³/mol. The monoisotopic (exact) mass is 364 g/mol. The molecule has 27 heavy (non-hydrogen) atoms. The number of oxazole rings is 1. The second-order valence-corrected chi connectivity index (χ2v) is 6.58. The van der Waals surface area contributed by atoms with E-state index in [4.69, 9.17) is 4.42 Å². The lowest BCUT2D eigenvalue weighted by atomic mass is 9.75. The molecule has 1 heterocycles. The summed E-state index contributed by atoms with van der Waals surface area (Å²) >= 11 is 0. The second-order valence-electron chi connectivity index (χ2n) is 6.58. The van der Waals surface area contributed by atoms with Crippen molar-refractivity contribution in [2.24, 2.45) is 0 Å². The van der Waals surface area contributed by atoms with Gasteiger partial charge in [-0.3, -0.25) is 10.0 Å². The van der Waals surface area contributed by atoms with Gasteiger partial charge in [0.2, 0.25) is 5.89 Å². The molecule has 3 atom stereocenters. The lowest BCUT2D eigenvalue weighted by Crippen LogP contribution is -2.29. The first kappa shape index (κ1) is 18.9. The first-order chi connectivity index (χ1) is 13.2. The van der Waals surface area contributed by atoms with Crippen molar-refractivity contribution in [3.8, 4) is 0 Å². The highest BCUT2D eigenvalue weighted by atomic mass is 16.5. The third-order valence-electron chi connectivity index (χ3n) is 5.05. The fourth-order valence-corrected chi connectivity index (χ4v) is 3.74. The first-order valence-electron chi connectivity index (χ1n) is 9.17. The number of nitrogens with one attached hydrogen (secondary N) is 1. The van der Waals surface area contributed by atoms with E-state index in [1.807, 2.05) is 36.4 Å². The van der Waals surface area contributed by atoms with E-state index < -0.39 is 11.8 Å². The van der Waals surface area contributed by atoms with Gasteiger partial charge in [-0.25, -0.2) is 10.5 Å². The van der Waals surface area contributed by atoms with Gasteiger partial charge < -0.3 is 4.42 Å². The summed E-state index contributed by atoms with van der Waals surface area (Å²) in [6.07, 6.45) is 4.35. The molecule has 0 aliphatic rings. The van der Waals surface area contributed by atoms with Crippen molar-refractivity contribution in [2.45, 2.75) is 37.5 Å². The number of hydrogen-bond acceptors (Lipinski definition) is 4. The van der Waals surface area contributed by atoms with E-state index in [1.54, 1.807) is 5.48 Å². The molecular formula is C22H24N2O3. The average Bonchev–Trinajstić information content (AvgIpc) is 3.26. The molecule has 1 aromatic heterocycles. The number of nitrogens with zero attached hydrogens (tertiary/aromatic N) is 1. The number of carbonyl (C=O) groups excluding carboxylic acids is 1. The molecule has 0 fully saturated rings. The van der Waals surface area contributed by atoms with Gasteiger partial charge in [0.25, 0.3) is 5.91 Å². The SMILES string of the molecule is CCC(c1ccccc1)C(CC(C(=O)NO)c1ncco1)c1ccccc1. The zero-order valence-corrected chi connectivity index (χ0v) is 15.3. The highest BCUT2D eigenvalue weighted by Crippen LogP contribution is 2.41. The van der Waals surface area contributed by atoms with Crippen LogP contribution in [-0.4, -0.2) is 16.1 Å². The number of rotatable bonds is 8.